The number of ether oxygens (including phenoxy) is 4. The predicted molar refractivity (Wildman–Crippen MR) is 234 cm³/mol. The minimum Gasteiger partial charge on any atom is -0.497 e. The molecule has 0 radical (unpaired) electrons. The zero-order chi connectivity index (χ0) is 40.6. The maximum absolute atomic E-state index is 7.17. The summed E-state index contributed by atoms with van der Waals surface area (Å²) in [5.74, 6) is 3.96. The molecular formula is C44H56Cl2O8P2. The van der Waals surface area contributed by atoms with Gasteiger partial charge in [-0.1, -0.05) is 60.8 Å². The molecule has 0 spiro atoms. The Morgan fingerprint density at radius 3 is 1.52 bits per heavy atom. The van der Waals surface area contributed by atoms with E-state index >= 15 is 0 Å². The van der Waals surface area contributed by atoms with Crippen LogP contribution in [0.25, 0.3) is 33.1 Å². The fourth-order valence-corrected chi connectivity index (χ4v) is 8.82. The van der Waals surface area contributed by atoms with E-state index in [1.807, 2.05) is 36.4 Å². The van der Waals surface area contributed by atoms with Crippen LogP contribution in [0.3, 0.4) is 0 Å². The van der Waals surface area contributed by atoms with E-state index in [4.69, 9.17) is 58.9 Å². The van der Waals surface area contributed by atoms with Crippen molar-refractivity contribution in [2.75, 3.05) is 28.4 Å². The predicted octanol–water partition coefficient (Wildman–Crippen LogP) is 15.2. The number of unbranched alkanes of at least 4 members (excludes halogenated alkanes) is 3. The zero-order valence-electron chi connectivity index (χ0n) is 34.4. The molecule has 0 amide bonds. The van der Waals surface area contributed by atoms with E-state index in [2.05, 4.69) is 53.7 Å². The summed E-state index contributed by atoms with van der Waals surface area (Å²) in [6.45, 7) is 11.1. The highest BCUT2D eigenvalue weighted by atomic mass is 35.9. The van der Waals surface area contributed by atoms with Crippen LogP contribution in [-0.4, -0.2) is 28.4 Å². The van der Waals surface area contributed by atoms with Crippen LogP contribution >= 0.6 is 37.6 Å². The molecule has 0 aliphatic rings. The lowest BCUT2D eigenvalue weighted by Gasteiger charge is -2.25. The van der Waals surface area contributed by atoms with E-state index in [0.717, 1.165) is 113 Å². The van der Waals surface area contributed by atoms with E-state index in [-0.39, 0.29) is 5.41 Å². The number of hydrogen-bond acceptors (Lipinski definition) is 8. The normalized spacial score (nSPS) is 11.7. The number of benzene rings is 4. The largest absolute Gasteiger partial charge is 0.497 e. The van der Waals surface area contributed by atoms with Gasteiger partial charge in [-0.05, 0) is 132 Å². The van der Waals surface area contributed by atoms with Gasteiger partial charge in [-0.25, -0.2) is 0 Å². The molecule has 5 aromatic rings. The molecule has 5 rings (SSSR count). The third kappa shape index (κ3) is 10.2. The minimum absolute atomic E-state index is 0.303. The minimum atomic E-state index is -2.08. The second kappa shape index (κ2) is 19.8. The number of hydrogen-bond donors (Lipinski definition) is 0. The molecule has 0 saturated heterocycles. The van der Waals surface area contributed by atoms with Crippen molar-refractivity contribution in [2.45, 2.75) is 105 Å². The highest BCUT2D eigenvalue weighted by molar-refractivity contribution is 8.00. The van der Waals surface area contributed by atoms with Crippen LogP contribution in [0, 0.1) is 0 Å². The molecule has 0 atom stereocenters. The Balaban J connectivity index is 1.91. The summed E-state index contributed by atoms with van der Waals surface area (Å²) >= 11 is 12.6. The molecule has 56 heavy (non-hydrogen) atoms. The molecule has 1 aromatic heterocycles. The molecule has 0 aliphatic carbocycles. The smallest absolute Gasteiger partial charge is 0.453 e. The Morgan fingerprint density at radius 2 is 1.07 bits per heavy atom. The van der Waals surface area contributed by atoms with Gasteiger partial charge in [-0.2, -0.15) is 0 Å². The molecule has 0 saturated carbocycles. The van der Waals surface area contributed by atoms with Crippen molar-refractivity contribution < 1.29 is 36.4 Å². The Morgan fingerprint density at radius 1 is 0.589 bits per heavy atom. The lowest BCUT2D eigenvalue weighted by molar-refractivity contribution is 0.410. The standard InChI is InChI=1S/C44H56Cl2O8P2/c1-11-14-17-28-20-31(47-7)23-35(34-26-40(51-55(45)46)38(44(4,5)6)27-39(34)50-10)41(28)52-56-53-42-29(18-15-12-2)21-32(48-8)24-36(42)37-25-33(49-9)22-30(19-16-13-3)43(37)54-56/h20-27H,11-19H2,1-10H3. The third-order valence-corrected chi connectivity index (χ3v) is 11.6. The maximum atomic E-state index is 7.17. The van der Waals surface area contributed by atoms with Crippen molar-refractivity contribution in [2.24, 2.45) is 0 Å². The summed E-state index contributed by atoms with van der Waals surface area (Å²) in [6.07, 6.45) is 8.20. The molecule has 0 unspecified atom stereocenters. The van der Waals surface area contributed by atoms with Crippen molar-refractivity contribution in [1.82, 2.24) is 0 Å². The maximum Gasteiger partial charge on any atom is 0.453 e. The van der Waals surface area contributed by atoms with Gasteiger partial charge < -0.3 is 36.4 Å². The van der Waals surface area contributed by atoms with Crippen molar-refractivity contribution in [1.29, 1.82) is 0 Å². The van der Waals surface area contributed by atoms with Crippen molar-refractivity contribution >= 4 is 59.5 Å². The molecule has 12 heteroatoms. The zero-order valence-corrected chi connectivity index (χ0v) is 37.7. The Hall–Kier alpha value is -3.41. The van der Waals surface area contributed by atoms with Gasteiger partial charge >= 0.3 is 8.24 Å². The fraction of sp³-hybridized carbons (Fsp3) is 0.455. The number of rotatable bonds is 18. The third-order valence-electron chi connectivity index (χ3n) is 9.88. The Kier molecular flexibility index (Phi) is 15.5. The van der Waals surface area contributed by atoms with Gasteiger partial charge in [0, 0.05) is 27.5 Å². The molecule has 1 heterocycles. The van der Waals surface area contributed by atoms with Crippen molar-refractivity contribution in [3.63, 3.8) is 0 Å². The number of fused-ring (bicyclic) bond motifs is 3. The Bertz CT molecular complexity index is 2080. The van der Waals surface area contributed by atoms with E-state index in [1.54, 1.807) is 28.4 Å². The lowest BCUT2D eigenvalue weighted by Crippen LogP contribution is -2.13. The molecule has 4 aromatic carbocycles. The summed E-state index contributed by atoms with van der Waals surface area (Å²) < 4.78 is 51.0. The molecular weight excluding hydrogens is 789 g/mol. The van der Waals surface area contributed by atoms with Gasteiger partial charge in [0.2, 0.25) is 0 Å². The van der Waals surface area contributed by atoms with Crippen molar-refractivity contribution in [3.8, 4) is 45.6 Å². The van der Waals surface area contributed by atoms with Crippen LogP contribution in [0.15, 0.2) is 56.9 Å². The molecule has 0 bridgehead atoms. The highest BCUT2D eigenvalue weighted by Gasteiger charge is 2.28. The summed E-state index contributed by atoms with van der Waals surface area (Å²) in [5.41, 5.74) is 6.47. The molecule has 0 aliphatic heterocycles. The first-order valence-corrected chi connectivity index (χ1v) is 23.6. The van der Waals surface area contributed by atoms with Gasteiger partial charge in [0.25, 0.3) is 6.85 Å². The van der Waals surface area contributed by atoms with Crippen molar-refractivity contribution in [3.05, 3.63) is 70.8 Å². The summed E-state index contributed by atoms with van der Waals surface area (Å²) in [5, 5.41) is 1.74. The van der Waals surface area contributed by atoms with Gasteiger partial charge in [0.05, 0.1) is 28.4 Å². The van der Waals surface area contributed by atoms with Crippen LogP contribution in [0.5, 0.6) is 34.5 Å². The van der Waals surface area contributed by atoms with Gasteiger partial charge in [0.15, 0.2) is 0 Å². The number of aryl methyl sites for hydroxylation is 3. The van der Waals surface area contributed by atoms with Crippen LogP contribution in [0.1, 0.15) is 102 Å². The van der Waals surface area contributed by atoms with Crippen LogP contribution in [-0.2, 0) is 24.7 Å². The number of methoxy groups -OCH3 is 4. The summed E-state index contributed by atoms with van der Waals surface area (Å²) in [4.78, 5) is 0. The summed E-state index contributed by atoms with van der Waals surface area (Å²) in [6, 6.07) is 16.1. The second-order valence-electron chi connectivity index (χ2n) is 14.9. The molecule has 304 valence electrons. The van der Waals surface area contributed by atoms with E-state index in [9.17, 15) is 0 Å². The van der Waals surface area contributed by atoms with Gasteiger partial charge in [-0.15, -0.1) is 0 Å². The van der Waals surface area contributed by atoms with Crippen LogP contribution in [0.4, 0.5) is 0 Å². The van der Waals surface area contributed by atoms with E-state index in [0.29, 0.717) is 34.2 Å². The van der Waals surface area contributed by atoms with Crippen LogP contribution < -0.4 is 28.0 Å². The number of halogens is 2. The highest BCUT2D eigenvalue weighted by Crippen LogP contribution is 2.54. The van der Waals surface area contributed by atoms with Crippen LogP contribution in [0.2, 0.25) is 0 Å². The fourth-order valence-electron chi connectivity index (χ4n) is 6.87. The molecule has 0 N–H and O–H groups in total. The molecule has 0 fully saturated rings. The van der Waals surface area contributed by atoms with E-state index < -0.39 is 15.1 Å². The average molecular weight is 846 g/mol. The SMILES string of the molecule is CCCCc1cc(OC)cc(-c2cc(OP(Cl)Cl)c(C(C)(C)C)cc2OC)c1Op1oc2c(CCCC)cc(OC)cc2c2cc(OC)cc(CCCC)c2o1. The first-order chi connectivity index (χ1) is 26.9. The van der Waals surface area contributed by atoms with Gasteiger partial charge in [0.1, 0.15) is 45.7 Å². The topological polar surface area (TPSA) is 81.7 Å². The average Bonchev–Trinajstić information content (AvgIpc) is 3.33. The second-order valence-corrected chi connectivity index (χ2v) is 18.8. The van der Waals surface area contributed by atoms with E-state index in [1.165, 1.54) is 0 Å². The quantitative estimate of drug-likeness (QED) is 0.0807. The summed E-state index contributed by atoms with van der Waals surface area (Å²) in [7, 11) is 4.63. The monoisotopic (exact) mass is 844 g/mol. The first kappa shape index (κ1) is 43.7. The Labute approximate surface area is 344 Å². The molecule has 8 nitrogen and oxygen atoms in total. The lowest BCUT2D eigenvalue weighted by atomic mass is 9.84. The first-order valence-electron chi connectivity index (χ1n) is 19.4. The van der Waals surface area contributed by atoms with Gasteiger partial charge in [-0.3, -0.25) is 0 Å².